The molecule has 0 atom stereocenters. The Bertz CT molecular complexity index is 4320. The number of imidazole rings is 1. The van der Waals surface area contributed by atoms with E-state index in [1.54, 1.807) is 0 Å². The second-order valence-electron chi connectivity index (χ2n) is 18.5. The molecule has 0 N–H and O–H groups in total. The van der Waals surface area contributed by atoms with Crippen molar-refractivity contribution in [2.24, 2.45) is 0 Å². The summed E-state index contributed by atoms with van der Waals surface area (Å²) in [7, 11) is 0. The van der Waals surface area contributed by atoms with Gasteiger partial charge in [0.15, 0.2) is 0 Å². The van der Waals surface area contributed by atoms with Crippen molar-refractivity contribution < 1.29 is 20.1 Å². The van der Waals surface area contributed by atoms with E-state index < -0.39 is 0 Å². The second-order valence-corrected chi connectivity index (χ2v) is 18.5. The van der Waals surface area contributed by atoms with Gasteiger partial charge in [0.1, 0.15) is 0 Å². The van der Waals surface area contributed by atoms with Gasteiger partial charge in [0.05, 0.1) is 38.9 Å². The molecule has 0 spiro atoms. The first-order chi connectivity index (χ1) is 34.6. The van der Waals surface area contributed by atoms with Gasteiger partial charge in [-0.25, -0.2) is 0 Å². The monoisotopic (exact) mass is 1090 g/mol. The van der Waals surface area contributed by atoms with Crippen molar-refractivity contribution in [1.29, 1.82) is 0 Å². The Hall–Kier alpha value is -8.54. The third-order valence-corrected chi connectivity index (χ3v) is 14.4. The standard InChI is InChI=1S/C65H44N5.Ir/c1-42-36-48(37-43(2)64(42)67-35-34-66-65(67)44-16-4-3-5-17-44)47-31-33-63-57(40-47)55-25-9-13-29-61(55)70(63)51-21-15-20-50(41-51)69-60-28-12-8-24-54(60)56-39-46(30-32-62(56)69)45-18-14-19-49(38-45)68-58-26-10-6-22-52(58)53-23-7-11-27-59(53)68;/h3-16,18-41H,1-2H3;/q-1;. The van der Waals surface area contributed by atoms with Crippen LogP contribution < -0.4 is 0 Å². The minimum atomic E-state index is 0. The van der Waals surface area contributed by atoms with Gasteiger partial charge in [-0.15, -0.1) is 35.9 Å². The molecule has 14 rings (SSSR count). The first-order valence-electron chi connectivity index (χ1n) is 23.9. The van der Waals surface area contributed by atoms with Gasteiger partial charge in [-0.05, 0) is 138 Å². The molecule has 4 aromatic heterocycles. The first kappa shape index (κ1) is 42.6. The Balaban J connectivity index is 0.00000492. The van der Waals surface area contributed by atoms with Gasteiger partial charge in [-0.3, -0.25) is 4.98 Å². The van der Waals surface area contributed by atoms with Gasteiger partial charge >= 0.3 is 0 Å². The van der Waals surface area contributed by atoms with Crippen LogP contribution in [-0.2, 0) is 20.1 Å². The van der Waals surface area contributed by atoms with Gasteiger partial charge in [0, 0.05) is 87.6 Å². The molecule has 6 heteroatoms. The van der Waals surface area contributed by atoms with Crippen LogP contribution in [0.1, 0.15) is 11.1 Å². The predicted octanol–water partition coefficient (Wildman–Crippen LogP) is 16.6. The number of hydrogen-bond acceptors (Lipinski definition) is 1. The maximum absolute atomic E-state index is 4.73. The predicted molar refractivity (Wildman–Crippen MR) is 291 cm³/mol. The van der Waals surface area contributed by atoms with Gasteiger partial charge in [-0.2, -0.15) is 0 Å². The van der Waals surface area contributed by atoms with Crippen molar-refractivity contribution in [1.82, 2.24) is 23.3 Å². The number of fused-ring (bicyclic) bond motifs is 9. The molecule has 0 fully saturated rings. The zero-order chi connectivity index (χ0) is 46.5. The van der Waals surface area contributed by atoms with Crippen LogP contribution in [0, 0.1) is 19.9 Å². The van der Waals surface area contributed by atoms with E-state index >= 15 is 0 Å². The van der Waals surface area contributed by atoms with Crippen LogP contribution in [0.2, 0.25) is 0 Å². The van der Waals surface area contributed by atoms with E-state index in [1.165, 1.54) is 98.8 Å². The van der Waals surface area contributed by atoms with E-state index in [-0.39, 0.29) is 20.1 Å². The fraction of sp³-hybridized carbons (Fsp3) is 0.0308. The Morgan fingerprint density at radius 1 is 0.366 bits per heavy atom. The van der Waals surface area contributed by atoms with Crippen molar-refractivity contribution >= 4 is 65.4 Å². The Kier molecular flexibility index (Phi) is 10.1. The summed E-state index contributed by atoms with van der Waals surface area (Å²) in [4.78, 5) is 4.73. The minimum Gasteiger partial charge on any atom is -0.340 e. The largest absolute Gasteiger partial charge is 0.340 e. The fourth-order valence-corrected chi connectivity index (χ4v) is 11.4. The summed E-state index contributed by atoms with van der Waals surface area (Å²) < 4.78 is 9.44. The second kappa shape index (κ2) is 16.9. The van der Waals surface area contributed by atoms with E-state index in [0.717, 1.165) is 34.1 Å². The molecule has 1 radical (unpaired) electrons. The van der Waals surface area contributed by atoms with Gasteiger partial charge in [0.2, 0.25) is 0 Å². The Morgan fingerprint density at radius 2 is 0.803 bits per heavy atom. The summed E-state index contributed by atoms with van der Waals surface area (Å²) in [5, 5.41) is 7.43. The van der Waals surface area contributed by atoms with Crippen molar-refractivity contribution in [2.75, 3.05) is 0 Å². The molecule has 14 aromatic rings. The molecule has 0 saturated heterocycles. The number of benzene rings is 10. The van der Waals surface area contributed by atoms with Crippen LogP contribution >= 0.6 is 0 Å². The molecule has 10 aromatic carbocycles. The maximum Gasteiger partial charge on any atom is 0.0602 e. The fourth-order valence-electron chi connectivity index (χ4n) is 11.4. The molecule has 0 unspecified atom stereocenters. The SMILES string of the molecule is Cc1cc(-c2ccc3c(c2)c2ccccc2n3-c2cccc(-n3c4ccccc4c4cc(-c5cccc(-n6c7ccccc7c7ccccc76)c5)ccc43)c2)cc(C)c1-n1ccnc1-c1[c-]cccc1.[Ir]. The van der Waals surface area contributed by atoms with E-state index in [1.807, 2.05) is 30.6 Å². The summed E-state index contributed by atoms with van der Waals surface area (Å²) in [6.45, 7) is 4.40. The molecule has 0 aliphatic heterocycles. The van der Waals surface area contributed by atoms with Crippen molar-refractivity contribution in [3.8, 4) is 56.4 Å². The summed E-state index contributed by atoms with van der Waals surface area (Å²) >= 11 is 0. The molecule has 0 bridgehead atoms. The number of nitrogens with zero attached hydrogens (tertiary/aromatic N) is 5. The molecule has 4 heterocycles. The third-order valence-electron chi connectivity index (χ3n) is 14.4. The molecule has 0 amide bonds. The summed E-state index contributed by atoms with van der Waals surface area (Å²) in [5.41, 5.74) is 19.8. The number of hydrogen-bond donors (Lipinski definition) is 0. The van der Waals surface area contributed by atoms with Crippen molar-refractivity contribution in [3.63, 3.8) is 0 Å². The smallest absolute Gasteiger partial charge is 0.0602 e. The van der Waals surface area contributed by atoms with Crippen LogP contribution in [0.25, 0.3) is 122 Å². The average molecular weight is 1090 g/mol. The molecule has 0 saturated carbocycles. The quantitative estimate of drug-likeness (QED) is 0.146. The summed E-state index contributed by atoms with van der Waals surface area (Å²) in [6.07, 6.45) is 3.92. The zero-order valence-corrected chi connectivity index (χ0v) is 41.4. The first-order valence-corrected chi connectivity index (χ1v) is 23.9. The summed E-state index contributed by atoms with van der Waals surface area (Å²) in [6, 6.07) is 82.9. The number of rotatable bonds is 7. The van der Waals surface area contributed by atoms with Gasteiger partial charge in [-0.1, -0.05) is 103 Å². The van der Waals surface area contributed by atoms with E-state index in [4.69, 9.17) is 4.98 Å². The molecular weight excluding hydrogens is 1040 g/mol. The topological polar surface area (TPSA) is 32.6 Å². The van der Waals surface area contributed by atoms with Crippen LogP contribution in [-0.4, -0.2) is 23.3 Å². The maximum atomic E-state index is 4.73. The third kappa shape index (κ3) is 6.75. The minimum absolute atomic E-state index is 0. The normalized spacial score (nSPS) is 11.7. The molecule has 339 valence electrons. The molecule has 0 aliphatic carbocycles. The molecular formula is C65H44IrN5-. The van der Waals surface area contributed by atoms with E-state index in [0.29, 0.717) is 0 Å². The summed E-state index contributed by atoms with van der Waals surface area (Å²) in [5.74, 6) is 0.888. The van der Waals surface area contributed by atoms with Crippen LogP contribution in [0.3, 0.4) is 0 Å². The molecule has 5 nitrogen and oxygen atoms in total. The molecule has 71 heavy (non-hydrogen) atoms. The zero-order valence-electron chi connectivity index (χ0n) is 39.0. The van der Waals surface area contributed by atoms with Crippen molar-refractivity contribution in [3.05, 3.63) is 248 Å². The number of aromatic nitrogens is 5. The van der Waals surface area contributed by atoms with Crippen molar-refractivity contribution in [2.45, 2.75) is 13.8 Å². The van der Waals surface area contributed by atoms with E-state index in [9.17, 15) is 0 Å². The van der Waals surface area contributed by atoms with Crippen LogP contribution in [0.4, 0.5) is 0 Å². The van der Waals surface area contributed by atoms with Gasteiger partial charge < -0.3 is 18.3 Å². The Labute approximate surface area is 424 Å². The Morgan fingerprint density at radius 3 is 1.32 bits per heavy atom. The molecule has 0 aliphatic rings. The van der Waals surface area contributed by atoms with Crippen LogP contribution in [0.5, 0.6) is 0 Å². The van der Waals surface area contributed by atoms with Gasteiger partial charge in [0.25, 0.3) is 0 Å². The van der Waals surface area contributed by atoms with Crippen LogP contribution in [0.15, 0.2) is 231 Å². The number of para-hydroxylation sites is 4. The average Bonchev–Trinajstić information content (AvgIpc) is 4.19. The van der Waals surface area contributed by atoms with E-state index in [2.05, 4.69) is 238 Å². The number of aryl methyl sites for hydroxylation is 2.